The largest absolute Gasteiger partial charge is 0.231 e. The van der Waals surface area contributed by atoms with Gasteiger partial charge in [-0.3, -0.25) is 0 Å². The predicted octanol–water partition coefficient (Wildman–Crippen LogP) is 3.19. The first kappa shape index (κ1) is 10.8. The molecule has 13 heavy (non-hydrogen) atoms. The highest BCUT2D eigenvalue weighted by atomic mass is 35.5. The summed E-state index contributed by atoms with van der Waals surface area (Å²) in [6.45, 7) is 2.16. The first-order valence-electron chi connectivity index (χ1n) is 4.33. The van der Waals surface area contributed by atoms with Crippen LogP contribution in [0.1, 0.15) is 25.3 Å². The third-order valence-electron chi connectivity index (χ3n) is 1.77. The summed E-state index contributed by atoms with van der Waals surface area (Å²) < 4.78 is 0. The molecule has 0 spiro atoms. The summed E-state index contributed by atoms with van der Waals surface area (Å²) in [5.74, 6) is 0. The van der Waals surface area contributed by atoms with E-state index >= 15 is 0 Å². The first-order valence-corrected chi connectivity index (χ1v) is 5.93. The Hall–Kier alpha value is -0.280. The third kappa shape index (κ3) is 3.16. The zero-order valence-electron chi connectivity index (χ0n) is 7.88. The molecule has 1 aromatic rings. The molecule has 0 bridgehead atoms. The van der Waals surface area contributed by atoms with Crippen LogP contribution in [0.2, 0.25) is 5.15 Å². The molecule has 1 rings (SSSR count). The highest BCUT2D eigenvalue weighted by molar-refractivity contribution is 7.98. The summed E-state index contributed by atoms with van der Waals surface area (Å²) >= 11 is 7.49. The Morgan fingerprint density at radius 2 is 2.31 bits per heavy atom. The highest BCUT2D eigenvalue weighted by Crippen LogP contribution is 2.17. The average Bonchev–Trinajstić information content (AvgIpc) is 2.16. The molecule has 0 saturated carbocycles. The molecule has 0 atom stereocenters. The fraction of sp³-hybridized carbons (Fsp3) is 0.556. The molecule has 2 nitrogen and oxygen atoms in total. The van der Waals surface area contributed by atoms with E-state index in [0.717, 1.165) is 23.6 Å². The topological polar surface area (TPSA) is 25.8 Å². The van der Waals surface area contributed by atoms with E-state index in [0.29, 0.717) is 5.15 Å². The van der Waals surface area contributed by atoms with Gasteiger partial charge in [0.1, 0.15) is 5.15 Å². The number of thioether (sulfide) groups is 1. The van der Waals surface area contributed by atoms with Gasteiger partial charge in [0.2, 0.25) is 0 Å². The van der Waals surface area contributed by atoms with Gasteiger partial charge in [-0.05, 0) is 19.1 Å². The van der Waals surface area contributed by atoms with Crippen molar-refractivity contribution in [2.75, 3.05) is 6.26 Å². The summed E-state index contributed by atoms with van der Waals surface area (Å²) in [5.41, 5.74) is 1.06. The van der Waals surface area contributed by atoms with E-state index in [9.17, 15) is 0 Å². The Bertz CT molecular complexity index is 278. The smallest absolute Gasteiger partial charge is 0.188 e. The van der Waals surface area contributed by atoms with Gasteiger partial charge in [0.05, 0.1) is 0 Å². The van der Waals surface area contributed by atoms with Crippen molar-refractivity contribution < 1.29 is 0 Å². The molecule has 72 valence electrons. The molecule has 0 radical (unpaired) electrons. The van der Waals surface area contributed by atoms with Gasteiger partial charge in [-0.1, -0.05) is 36.7 Å². The number of hydrogen-bond acceptors (Lipinski definition) is 3. The minimum absolute atomic E-state index is 0.604. The monoisotopic (exact) mass is 216 g/mol. The number of halogens is 1. The number of aryl methyl sites for hydroxylation is 1. The lowest BCUT2D eigenvalue weighted by Gasteiger charge is -2.02. The van der Waals surface area contributed by atoms with Crippen molar-refractivity contribution in [2.24, 2.45) is 0 Å². The van der Waals surface area contributed by atoms with Crippen LogP contribution in [-0.2, 0) is 6.42 Å². The quantitative estimate of drug-likeness (QED) is 0.439. The fourth-order valence-electron chi connectivity index (χ4n) is 1.00. The Kier molecular flexibility index (Phi) is 4.53. The lowest BCUT2D eigenvalue weighted by Crippen LogP contribution is -1.93. The fourth-order valence-corrected chi connectivity index (χ4v) is 1.62. The van der Waals surface area contributed by atoms with Gasteiger partial charge in [0.25, 0.3) is 0 Å². The van der Waals surface area contributed by atoms with Gasteiger partial charge < -0.3 is 0 Å². The van der Waals surface area contributed by atoms with E-state index in [1.165, 1.54) is 18.2 Å². The number of aromatic nitrogens is 2. The molecule has 4 heteroatoms. The lowest BCUT2D eigenvalue weighted by molar-refractivity contribution is 0.780. The van der Waals surface area contributed by atoms with Gasteiger partial charge in [0.15, 0.2) is 5.16 Å². The van der Waals surface area contributed by atoms with E-state index in [-0.39, 0.29) is 0 Å². The number of rotatable bonds is 4. The van der Waals surface area contributed by atoms with Crippen LogP contribution in [0.4, 0.5) is 0 Å². The molecular formula is C9H13ClN2S. The van der Waals surface area contributed by atoms with Crippen LogP contribution in [0.25, 0.3) is 0 Å². The minimum atomic E-state index is 0.604. The lowest BCUT2D eigenvalue weighted by atomic mass is 10.2. The molecule has 0 aliphatic carbocycles. The number of unbranched alkanes of at least 4 members (excludes halogenated alkanes) is 1. The molecular weight excluding hydrogens is 204 g/mol. The number of hydrogen-bond donors (Lipinski definition) is 0. The highest BCUT2D eigenvalue weighted by Gasteiger charge is 2.03. The third-order valence-corrected chi connectivity index (χ3v) is 2.66. The van der Waals surface area contributed by atoms with Crippen LogP contribution in [0.3, 0.4) is 0 Å². The van der Waals surface area contributed by atoms with Crippen molar-refractivity contribution in [3.63, 3.8) is 0 Å². The Labute approximate surface area is 88.1 Å². The van der Waals surface area contributed by atoms with E-state index in [1.807, 2.05) is 12.5 Å². The maximum Gasteiger partial charge on any atom is 0.188 e. The number of nitrogens with zero attached hydrogens (tertiary/aromatic N) is 2. The zero-order chi connectivity index (χ0) is 9.68. The predicted molar refractivity (Wildman–Crippen MR) is 57.4 cm³/mol. The van der Waals surface area contributed by atoms with Gasteiger partial charge in [-0.2, -0.15) is 0 Å². The van der Waals surface area contributed by atoms with Crippen molar-refractivity contribution >= 4 is 23.4 Å². The van der Waals surface area contributed by atoms with Gasteiger partial charge >= 0.3 is 0 Å². The maximum atomic E-state index is 5.98. The molecule has 0 aromatic carbocycles. The molecule has 0 N–H and O–H groups in total. The summed E-state index contributed by atoms with van der Waals surface area (Å²) in [4.78, 5) is 8.34. The van der Waals surface area contributed by atoms with Gasteiger partial charge in [0, 0.05) is 11.8 Å². The average molecular weight is 217 g/mol. The van der Waals surface area contributed by atoms with Crippen LogP contribution in [0.15, 0.2) is 11.4 Å². The van der Waals surface area contributed by atoms with Crippen LogP contribution in [0.5, 0.6) is 0 Å². The van der Waals surface area contributed by atoms with Crippen LogP contribution in [-0.4, -0.2) is 16.2 Å². The molecule has 0 aliphatic heterocycles. The summed E-state index contributed by atoms with van der Waals surface area (Å²) in [6.07, 6.45) is 7.06. The summed E-state index contributed by atoms with van der Waals surface area (Å²) in [7, 11) is 0. The molecule has 0 unspecified atom stereocenters. The second-order valence-corrected chi connectivity index (χ2v) is 3.91. The van der Waals surface area contributed by atoms with E-state index in [2.05, 4.69) is 16.9 Å². The first-order chi connectivity index (χ1) is 6.27. The zero-order valence-corrected chi connectivity index (χ0v) is 9.45. The molecule has 0 fully saturated rings. The van der Waals surface area contributed by atoms with Gasteiger partial charge in [-0.25, -0.2) is 9.97 Å². The normalized spacial score (nSPS) is 10.4. The van der Waals surface area contributed by atoms with Crippen molar-refractivity contribution in [1.82, 2.24) is 9.97 Å². The van der Waals surface area contributed by atoms with E-state index in [4.69, 9.17) is 11.6 Å². The van der Waals surface area contributed by atoms with Crippen LogP contribution < -0.4 is 0 Å². The molecule has 0 saturated heterocycles. The van der Waals surface area contributed by atoms with E-state index < -0.39 is 0 Å². The SMILES string of the molecule is CCCCc1cnc(SC)nc1Cl. The maximum absolute atomic E-state index is 5.98. The molecule has 0 aliphatic rings. The second-order valence-electron chi connectivity index (χ2n) is 2.78. The van der Waals surface area contributed by atoms with Crippen molar-refractivity contribution in [2.45, 2.75) is 31.3 Å². The van der Waals surface area contributed by atoms with Crippen LogP contribution >= 0.6 is 23.4 Å². The molecule has 1 aromatic heterocycles. The Balaban J connectivity index is 2.73. The van der Waals surface area contributed by atoms with Crippen molar-refractivity contribution in [3.05, 3.63) is 16.9 Å². The minimum Gasteiger partial charge on any atom is -0.231 e. The summed E-state index contributed by atoms with van der Waals surface area (Å²) in [5, 5.41) is 1.35. The molecule has 0 amide bonds. The van der Waals surface area contributed by atoms with E-state index in [1.54, 1.807) is 0 Å². The van der Waals surface area contributed by atoms with Gasteiger partial charge in [-0.15, -0.1) is 0 Å². The Morgan fingerprint density at radius 1 is 1.54 bits per heavy atom. The Morgan fingerprint density at radius 3 is 2.85 bits per heavy atom. The molecule has 1 heterocycles. The second kappa shape index (κ2) is 5.45. The van der Waals surface area contributed by atoms with Crippen molar-refractivity contribution in [3.8, 4) is 0 Å². The standard InChI is InChI=1S/C9H13ClN2S/c1-3-4-5-7-6-11-9(13-2)12-8(7)10/h6H,3-5H2,1-2H3. The van der Waals surface area contributed by atoms with Crippen molar-refractivity contribution in [1.29, 1.82) is 0 Å². The summed E-state index contributed by atoms with van der Waals surface area (Å²) in [6, 6.07) is 0. The van der Waals surface area contributed by atoms with Crippen LogP contribution in [0, 0.1) is 0 Å².